The number of likely N-dealkylation sites (N-methyl/N-ethyl adjacent to an activating group) is 1. The van der Waals surface area contributed by atoms with E-state index >= 15 is 0 Å². The van der Waals surface area contributed by atoms with Gasteiger partial charge in [0, 0.05) is 18.8 Å². The van der Waals surface area contributed by atoms with Gasteiger partial charge >= 0.3 is 0 Å². The van der Waals surface area contributed by atoms with Crippen LogP contribution >= 0.6 is 24.0 Å². The number of aliphatic imine (C=N–C) groups is 1. The first-order valence-electron chi connectivity index (χ1n) is 8.60. The molecule has 0 aliphatic carbocycles. The maximum absolute atomic E-state index is 12.4. The van der Waals surface area contributed by atoms with E-state index in [4.69, 9.17) is 5.73 Å². The highest BCUT2D eigenvalue weighted by molar-refractivity contribution is 14.0. The fraction of sp³-hybridized carbons (Fsp3) is 0.300. The summed E-state index contributed by atoms with van der Waals surface area (Å²) in [6.07, 6.45) is 0.954. The minimum atomic E-state index is -0.0431. The standard InChI is InChI=1S/C20H26N4O.HI/c1-3-16-11-8-12-18(13-16)23-20(21)22-14-19(25)24(4-2)15-17-9-6-5-7-10-17;/h5-13H,3-4,14-15H2,1-2H3,(H3,21,22,23);1H. The second-order valence-corrected chi connectivity index (χ2v) is 5.77. The second-order valence-electron chi connectivity index (χ2n) is 5.77. The van der Waals surface area contributed by atoms with Gasteiger partial charge in [0.25, 0.3) is 0 Å². The lowest BCUT2D eigenvalue weighted by molar-refractivity contribution is -0.130. The van der Waals surface area contributed by atoms with Crippen LogP contribution in [0.5, 0.6) is 0 Å². The van der Waals surface area contributed by atoms with Gasteiger partial charge in [-0.25, -0.2) is 4.99 Å². The van der Waals surface area contributed by atoms with Gasteiger partial charge in [-0.3, -0.25) is 4.79 Å². The molecule has 0 fully saturated rings. The highest BCUT2D eigenvalue weighted by atomic mass is 127. The fourth-order valence-electron chi connectivity index (χ4n) is 2.49. The average Bonchev–Trinajstić information content (AvgIpc) is 2.65. The lowest BCUT2D eigenvalue weighted by atomic mass is 10.1. The zero-order chi connectivity index (χ0) is 18.1. The van der Waals surface area contributed by atoms with Crippen LogP contribution in [0, 0.1) is 0 Å². The largest absolute Gasteiger partial charge is 0.370 e. The van der Waals surface area contributed by atoms with Gasteiger partial charge in [0.15, 0.2) is 5.96 Å². The Hall–Kier alpha value is -2.09. The van der Waals surface area contributed by atoms with Gasteiger partial charge in [0.1, 0.15) is 6.54 Å². The first kappa shape index (κ1) is 22.0. The lowest BCUT2D eigenvalue weighted by Gasteiger charge is -2.20. The van der Waals surface area contributed by atoms with Gasteiger partial charge in [-0.05, 0) is 36.6 Å². The average molecular weight is 466 g/mol. The minimum absolute atomic E-state index is 0. The summed E-state index contributed by atoms with van der Waals surface area (Å²) in [5.41, 5.74) is 9.10. The van der Waals surface area contributed by atoms with Gasteiger partial charge < -0.3 is 16.0 Å². The number of anilines is 1. The molecule has 2 aromatic carbocycles. The molecular weight excluding hydrogens is 439 g/mol. The Morgan fingerprint density at radius 3 is 2.42 bits per heavy atom. The number of carbonyl (C=O) groups excluding carboxylic acids is 1. The number of nitrogens with two attached hydrogens (primary N) is 1. The molecule has 3 N–H and O–H groups in total. The van der Waals surface area contributed by atoms with Gasteiger partial charge in [-0.1, -0.05) is 49.4 Å². The molecule has 0 bridgehead atoms. The van der Waals surface area contributed by atoms with Crippen molar-refractivity contribution >= 4 is 41.5 Å². The third kappa shape index (κ3) is 7.03. The van der Waals surface area contributed by atoms with Crippen molar-refractivity contribution in [2.75, 3.05) is 18.4 Å². The van der Waals surface area contributed by atoms with Crippen LogP contribution in [0.15, 0.2) is 59.6 Å². The Morgan fingerprint density at radius 1 is 1.08 bits per heavy atom. The van der Waals surface area contributed by atoms with E-state index in [0.717, 1.165) is 17.7 Å². The van der Waals surface area contributed by atoms with Crippen molar-refractivity contribution < 1.29 is 4.79 Å². The molecule has 26 heavy (non-hydrogen) atoms. The second kappa shape index (κ2) is 11.5. The highest BCUT2D eigenvalue weighted by Crippen LogP contribution is 2.10. The van der Waals surface area contributed by atoms with Crippen molar-refractivity contribution in [2.45, 2.75) is 26.8 Å². The SMILES string of the molecule is CCc1cccc(NC(N)=NCC(=O)N(CC)Cc2ccccc2)c1.I. The van der Waals surface area contributed by atoms with E-state index in [0.29, 0.717) is 13.1 Å². The van der Waals surface area contributed by atoms with Crippen molar-refractivity contribution in [2.24, 2.45) is 10.7 Å². The van der Waals surface area contributed by atoms with E-state index in [1.807, 2.05) is 55.5 Å². The predicted octanol–water partition coefficient (Wildman–Crippen LogP) is 3.64. The zero-order valence-corrected chi connectivity index (χ0v) is 17.6. The van der Waals surface area contributed by atoms with Crippen molar-refractivity contribution in [3.05, 3.63) is 65.7 Å². The summed E-state index contributed by atoms with van der Waals surface area (Å²) >= 11 is 0. The molecular formula is C20H27IN4O. The Labute approximate surface area is 172 Å². The van der Waals surface area contributed by atoms with Crippen LogP contribution in [0.1, 0.15) is 25.0 Å². The molecule has 0 aliphatic rings. The number of nitrogens with zero attached hydrogens (tertiary/aromatic N) is 2. The Morgan fingerprint density at radius 2 is 1.77 bits per heavy atom. The van der Waals surface area contributed by atoms with E-state index < -0.39 is 0 Å². The molecule has 0 saturated carbocycles. The van der Waals surface area contributed by atoms with Gasteiger partial charge in [0.2, 0.25) is 5.91 Å². The van der Waals surface area contributed by atoms with E-state index in [1.54, 1.807) is 4.90 Å². The maximum atomic E-state index is 12.4. The molecule has 1 amide bonds. The van der Waals surface area contributed by atoms with Gasteiger partial charge in [-0.2, -0.15) is 0 Å². The third-order valence-corrected chi connectivity index (χ3v) is 3.94. The lowest BCUT2D eigenvalue weighted by Crippen LogP contribution is -2.33. The minimum Gasteiger partial charge on any atom is -0.370 e. The molecule has 5 nitrogen and oxygen atoms in total. The number of amides is 1. The quantitative estimate of drug-likeness (QED) is 0.372. The molecule has 0 spiro atoms. The summed E-state index contributed by atoms with van der Waals surface area (Å²) in [6, 6.07) is 17.9. The molecule has 0 radical (unpaired) electrons. The fourth-order valence-corrected chi connectivity index (χ4v) is 2.49. The van der Waals surface area contributed by atoms with Crippen LogP contribution in [-0.4, -0.2) is 29.9 Å². The maximum Gasteiger partial charge on any atom is 0.244 e. The summed E-state index contributed by atoms with van der Waals surface area (Å²) in [6.45, 7) is 5.31. The molecule has 0 atom stereocenters. The molecule has 2 rings (SSSR count). The van der Waals surface area contributed by atoms with E-state index in [1.165, 1.54) is 5.56 Å². The number of halogens is 1. The van der Waals surface area contributed by atoms with Gasteiger partial charge in [0.05, 0.1) is 0 Å². The molecule has 0 aromatic heterocycles. The Balaban J connectivity index is 0.00000338. The Bertz CT molecular complexity index is 719. The van der Waals surface area contributed by atoms with E-state index in [9.17, 15) is 4.79 Å². The van der Waals surface area contributed by atoms with Crippen LogP contribution in [0.2, 0.25) is 0 Å². The smallest absolute Gasteiger partial charge is 0.244 e. The number of benzene rings is 2. The number of aryl methyl sites for hydroxylation is 1. The molecule has 140 valence electrons. The molecule has 2 aromatic rings. The number of hydrogen-bond acceptors (Lipinski definition) is 2. The van der Waals surface area contributed by atoms with Crippen LogP contribution in [-0.2, 0) is 17.8 Å². The summed E-state index contributed by atoms with van der Waals surface area (Å²) in [4.78, 5) is 18.3. The van der Waals surface area contributed by atoms with Crippen LogP contribution in [0.3, 0.4) is 0 Å². The molecule has 0 saturated heterocycles. The van der Waals surface area contributed by atoms with Crippen LogP contribution in [0.25, 0.3) is 0 Å². The Kier molecular flexibility index (Phi) is 9.72. The van der Waals surface area contributed by atoms with Crippen LogP contribution in [0.4, 0.5) is 5.69 Å². The first-order chi connectivity index (χ1) is 12.1. The topological polar surface area (TPSA) is 70.7 Å². The summed E-state index contributed by atoms with van der Waals surface area (Å²) in [5, 5.41) is 3.04. The van der Waals surface area contributed by atoms with Crippen molar-refractivity contribution in [3.8, 4) is 0 Å². The van der Waals surface area contributed by atoms with E-state index in [-0.39, 0.29) is 42.4 Å². The number of carbonyl (C=O) groups is 1. The van der Waals surface area contributed by atoms with Crippen molar-refractivity contribution in [1.82, 2.24) is 4.90 Å². The van der Waals surface area contributed by atoms with Crippen molar-refractivity contribution in [1.29, 1.82) is 0 Å². The number of hydrogen-bond donors (Lipinski definition) is 2. The molecule has 0 heterocycles. The molecule has 0 aliphatic heterocycles. The highest BCUT2D eigenvalue weighted by Gasteiger charge is 2.11. The summed E-state index contributed by atoms with van der Waals surface area (Å²) < 4.78 is 0. The first-order valence-corrected chi connectivity index (χ1v) is 8.60. The normalized spacial score (nSPS) is 10.8. The molecule has 6 heteroatoms. The number of nitrogens with one attached hydrogen (secondary N) is 1. The molecule has 0 unspecified atom stereocenters. The number of rotatable bonds is 7. The summed E-state index contributed by atoms with van der Waals surface area (Å²) in [7, 11) is 0. The van der Waals surface area contributed by atoms with Crippen LogP contribution < -0.4 is 11.1 Å². The summed E-state index contributed by atoms with van der Waals surface area (Å²) in [5.74, 6) is 0.204. The monoisotopic (exact) mass is 466 g/mol. The number of guanidine groups is 1. The third-order valence-electron chi connectivity index (χ3n) is 3.94. The van der Waals surface area contributed by atoms with E-state index in [2.05, 4.69) is 23.3 Å². The zero-order valence-electron chi connectivity index (χ0n) is 15.3. The van der Waals surface area contributed by atoms with Gasteiger partial charge in [-0.15, -0.1) is 24.0 Å². The predicted molar refractivity (Wildman–Crippen MR) is 119 cm³/mol. The van der Waals surface area contributed by atoms with Crippen molar-refractivity contribution in [3.63, 3.8) is 0 Å².